The third-order valence-corrected chi connectivity index (χ3v) is 3.62. The Bertz CT molecular complexity index is 794. The van der Waals surface area contributed by atoms with Crippen molar-refractivity contribution in [2.24, 2.45) is 5.16 Å². The Hall–Kier alpha value is -2.59. The summed E-state index contributed by atoms with van der Waals surface area (Å²) in [4.78, 5) is 16.2. The highest BCUT2D eigenvalue weighted by atomic mass is 35.5. The predicted octanol–water partition coefficient (Wildman–Crippen LogP) is 4.24. The summed E-state index contributed by atoms with van der Waals surface area (Å²) in [5.41, 5.74) is 2.91. The molecule has 4 nitrogen and oxygen atoms in total. The highest BCUT2D eigenvalue weighted by Gasteiger charge is 2.21. The molecule has 2 aromatic rings. The molecule has 0 aromatic heterocycles. The average molecular weight is 328 g/mol. The summed E-state index contributed by atoms with van der Waals surface area (Å²) in [6.07, 6.45) is 1.74. The van der Waals surface area contributed by atoms with Crippen molar-refractivity contribution in [1.29, 1.82) is 0 Å². The van der Waals surface area contributed by atoms with Crippen LogP contribution in [0.25, 0.3) is 6.08 Å². The van der Waals surface area contributed by atoms with Gasteiger partial charge in [0.25, 0.3) is 0 Å². The Morgan fingerprint density at radius 2 is 2.00 bits per heavy atom. The maximum absolute atomic E-state index is 11.6. The molecule has 1 aliphatic heterocycles. The minimum Gasteiger partial charge on any atom is -0.489 e. The SMILES string of the molecule is CC1=NOC(=O)/C1=C\c1cccc(OCc2ccc(Cl)cc2)c1. The number of hydrogen-bond donors (Lipinski definition) is 0. The Labute approximate surface area is 139 Å². The Kier molecular flexibility index (Phi) is 4.44. The van der Waals surface area contributed by atoms with Gasteiger partial charge in [-0.1, -0.05) is 41.0 Å². The van der Waals surface area contributed by atoms with Gasteiger partial charge in [0, 0.05) is 5.02 Å². The van der Waals surface area contributed by atoms with E-state index >= 15 is 0 Å². The van der Waals surface area contributed by atoms with Crippen molar-refractivity contribution < 1.29 is 14.4 Å². The first kappa shape index (κ1) is 15.3. The van der Waals surface area contributed by atoms with Crippen LogP contribution in [0.15, 0.2) is 59.3 Å². The highest BCUT2D eigenvalue weighted by molar-refractivity contribution is 6.30. The van der Waals surface area contributed by atoms with Gasteiger partial charge in [-0.3, -0.25) is 0 Å². The lowest BCUT2D eigenvalue weighted by Crippen LogP contribution is -2.01. The molecule has 5 heteroatoms. The van der Waals surface area contributed by atoms with Crippen LogP contribution in [0, 0.1) is 0 Å². The lowest BCUT2D eigenvalue weighted by molar-refractivity contribution is -0.136. The van der Waals surface area contributed by atoms with E-state index in [1.54, 1.807) is 13.0 Å². The molecule has 2 aromatic carbocycles. The zero-order chi connectivity index (χ0) is 16.2. The number of carbonyl (C=O) groups is 1. The second-order valence-electron chi connectivity index (χ2n) is 5.10. The van der Waals surface area contributed by atoms with Gasteiger partial charge in [-0.2, -0.15) is 0 Å². The fourth-order valence-electron chi connectivity index (χ4n) is 2.13. The molecule has 0 spiro atoms. The van der Waals surface area contributed by atoms with E-state index in [4.69, 9.17) is 16.3 Å². The summed E-state index contributed by atoms with van der Waals surface area (Å²) in [6.45, 7) is 2.18. The molecule has 0 amide bonds. The quantitative estimate of drug-likeness (QED) is 0.623. The first-order chi connectivity index (χ1) is 11.1. The molecule has 0 unspecified atom stereocenters. The number of ether oxygens (including phenoxy) is 1. The molecule has 116 valence electrons. The molecule has 3 rings (SSSR count). The molecule has 0 bridgehead atoms. The van der Waals surface area contributed by atoms with Gasteiger partial charge in [0.2, 0.25) is 0 Å². The monoisotopic (exact) mass is 327 g/mol. The summed E-state index contributed by atoms with van der Waals surface area (Å²) in [5, 5.41) is 4.35. The minimum absolute atomic E-state index is 0.435. The molecule has 23 heavy (non-hydrogen) atoms. The van der Waals surface area contributed by atoms with Gasteiger partial charge < -0.3 is 9.57 Å². The Morgan fingerprint density at radius 3 is 2.70 bits per heavy atom. The van der Waals surface area contributed by atoms with E-state index in [9.17, 15) is 4.79 Å². The molecule has 0 aliphatic carbocycles. The fraction of sp³-hybridized carbons (Fsp3) is 0.111. The number of benzene rings is 2. The summed E-state index contributed by atoms with van der Waals surface area (Å²) in [5.74, 6) is 0.283. The molecule has 0 N–H and O–H groups in total. The first-order valence-electron chi connectivity index (χ1n) is 7.07. The number of hydrogen-bond acceptors (Lipinski definition) is 4. The lowest BCUT2D eigenvalue weighted by Gasteiger charge is -2.07. The van der Waals surface area contributed by atoms with Crippen LogP contribution in [0.3, 0.4) is 0 Å². The van der Waals surface area contributed by atoms with Crippen LogP contribution < -0.4 is 4.74 Å². The summed E-state index contributed by atoms with van der Waals surface area (Å²) in [6, 6.07) is 15.0. The summed E-state index contributed by atoms with van der Waals surface area (Å²) in [7, 11) is 0. The number of halogens is 1. The smallest absolute Gasteiger partial charge is 0.367 e. The van der Waals surface area contributed by atoms with Crippen LogP contribution >= 0.6 is 11.6 Å². The van der Waals surface area contributed by atoms with Crippen LogP contribution in [0.4, 0.5) is 0 Å². The highest BCUT2D eigenvalue weighted by Crippen LogP contribution is 2.20. The molecule has 0 saturated heterocycles. The number of rotatable bonds is 4. The van der Waals surface area contributed by atoms with Crippen LogP contribution in [-0.4, -0.2) is 11.7 Å². The molecule has 0 saturated carbocycles. The van der Waals surface area contributed by atoms with E-state index < -0.39 is 5.97 Å². The van der Waals surface area contributed by atoms with Gasteiger partial charge in [0.1, 0.15) is 12.4 Å². The van der Waals surface area contributed by atoms with Gasteiger partial charge in [-0.25, -0.2) is 4.79 Å². The van der Waals surface area contributed by atoms with Crippen LogP contribution in [-0.2, 0) is 16.2 Å². The third kappa shape index (κ3) is 3.79. The van der Waals surface area contributed by atoms with Crippen molar-refractivity contribution in [1.82, 2.24) is 0 Å². The molecular formula is C18H14ClNO3. The molecule has 1 aliphatic rings. The van der Waals surface area contributed by atoms with Gasteiger partial charge in [-0.15, -0.1) is 0 Å². The zero-order valence-corrected chi connectivity index (χ0v) is 13.2. The minimum atomic E-state index is -0.435. The maximum Gasteiger partial charge on any atom is 0.367 e. The number of oxime groups is 1. The summed E-state index contributed by atoms with van der Waals surface area (Å²) >= 11 is 5.86. The van der Waals surface area contributed by atoms with Crippen molar-refractivity contribution in [3.63, 3.8) is 0 Å². The van der Waals surface area contributed by atoms with E-state index in [2.05, 4.69) is 9.99 Å². The van der Waals surface area contributed by atoms with Gasteiger partial charge in [0.15, 0.2) is 0 Å². The average Bonchev–Trinajstić information content (AvgIpc) is 2.87. The number of nitrogens with zero attached hydrogens (tertiary/aromatic N) is 1. The second kappa shape index (κ2) is 6.67. The fourth-order valence-corrected chi connectivity index (χ4v) is 2.25. The van der Waals surface area contributed by atoms with Crippen LogP contribution in [0.1, 0.15) is 18.1 Å². The number of carbonyl (C=O) groups excluding carboxylic acids is 1. The van der Waals surface area contributed by atoms with Gasteiger partial charge in [0.05, 0.1) is 11.3 Å². The second-order valence-corrected chi connectivity index (χ2v) is 5.54. The largest absolute Gasteiger partial charge is 0.489 e. The molecule has 0 fully saturated rings. The van der Waals surface area contributed by atoms with E-state index in [0.717, 1.165) is 16.9 Å². The van der Waals surface area contributed by atoms with Gasteiger partial charge in [-0.05, 0) is 48.4 Å². The van der Waals surface area contributed by atoms with Crippen LogP contribution in [0.5, 0.6) is 5.75 Å². The van der Waals surface area contributed by atoms with Crippen molar-refractivity contribution in [2.75, 3.05) is 0 Å². The molecule has 0 atom stereocenters. The first-order valence-corrected chi connectivity index (χ1v) is 7.45. The topological polar surface area (TPSA) is 47.9 Å². The van der Waals surface area contributed by atoms with Crippen molar-refractivity contribution >= 4 is 29.4 Å². The molecule has 1 heterocycles. The standard InChI is InChI=1S/C18H14ClNO3/c1-12-17(18(21)23-20-12)10-14-3-2-4-16(9-14)22-11-13-5-7-15(19)8-6-13/h2-10H,11H2,1H3/b17-10-. The third-order valence-electron chi connectivity index (χ3n) is 3.36. The van der Waals surface area contributed by atoms with E-state index in [1.807, 2.05) is 48.5 Å². The Balaban J connectivity index is 1.73. The van der Waals surface area contributed by atoms with Gasteiger partial charge >= 0.3 is 5.97 Å². The Morgan fingerprint density at radius 1 is 1.22 bits per heavy atom. The zero-order valence-electron chi connectivity index (χ0n) is 12.5. The summed E-state index contributed by atoms with van der Waals surface area (Å²) < 4.78 is 5.77. The normalized spacial score (nSPS) is 15.5. The van der Waals surface area contributed by atoms with E-state index in [1.165, 1.54) is 0 Å². The van der Waals surface area contributed by atoms with Crippen molar-refractivity contribution in [3.8, 4) is 5.75 Å². The van der Waals surface area contributed by atoms with E-state index in [-0.39, 0.29) is 0 Å². The van der Waals surface area contributed by atoms with E-state index in [0.29, 0.717) is 22.9 Å². The molecule has 0 radical (unpaired) electrons. The lowest BCUT2D eigenvalue weighted by atomic mass is 10.1. The van der Waals surface area contributed by atoms with Crippen molar-refractivity contribution in [3.05, 3.63) is 70.3 Å². The molecular weight excluding hydrogens is 314 g/mol. The van der Waals surface area contributed by atoms with Crippen LogP contribution in [0.2, 0.25) is 5.02 Å². The predicted molar refractivity (Wildman–Crippen MR) is 89.4 cm³/mol. The maximum atomic E-state index is 11.6. The van der Waals surface area contributed by atoms with Crippen molar-refractivity contribution in [2.45, 2.75) is 13.5 Å².